The molecule has 2 N–H and O–H groups in total. The molecule has 0 bridgehead atoms. The van der Waals surface area contributed by atoms with Crippen LogP contribution in [-0.2, 0) is 16.8 Å². The standard InChI is InChI=1S/C29H34N4O3/c1-4-6-10-19(5-2)18-30-26(34)20-11-9-12-21(17-20)33-27(35)29(3)25-23(15-16-32(29)28(33)36)22-13-7-8-14-24(22)31-25/h7-9,11-14,17,19,31H,4-6,10,15-16,18H2,1-3H3,(H,30,34). The van der Waals surface area contributed by atoms with Crippen LogP contribution in [0.1, 0.15) is 68.1 Å². The summed E-state index contributed by atoms with van der Waals surface area (Å²) in [6.07, 6.45) is 5.08. The quantitative estimate of drug-likeness (QED) is 0.421. The molecule has 0 aliphatic carbocycles. The van der Waals surface area contributed by atoms with Gasteiger partial charge in [0.25, 0.3) is 11.8 Å². The van der Waals surface area contributed by atoms with Gasteiger partial charge in [-0.15, -0.1) is 0 Å². The maximum Gasteiger partial charge on any atom is 0.332 e. The predicted octanol–water partition coefficient (Wildman–Crippen LogP) is 5.35. The lowest BCUT2D eigenvalue weighted by Gasteiger charge is -2.35. The van der Waals surface area contributed by atoms with E-state index in [9.17, 15) is 14.4 Å². The van der Waals surface area contributed by atoms with Gasteiger partial charge in [-0.05, 0) is 55.5 Å². The Hall–Kier alpha value is -3.61. The van der Waals surface area contributed by atoms with E-state index >= 15 is 0 Å². The number of nitrogens with one attached hydrogen (secondary N) is 2. The van der Waals surface area contributed by atoms with Crippen LogP contribution in [0.25, 0.3) is 10.9 Å². The van der Waals surface area contributed by atoms with E-state index in [1.54, 1.807) is 29.2 Å². The fourth-order valence-electron chi connectivity index (χ4n) is 5.69. The number of carbonyl (C=O) groups excluding carboxylic acids is 3. The second kappa shape index (κ2) is 9.45. The van der Waals surface area contributed by atoms with Gasteiger partial charge in [-0.25, -0.2) is 9.69 Å². The van der Waals surface area contributed by atoms with Gasteiger partial charge >= 0.3 is 6.03 Å². The van der Waals surface area contributed by atoms with Crippen LogP contribution < -0.4 is 10.2 Å². The average Bonchev–Trinajstić information content (AvgIpc) is 3.37. The molecule has 36 heavy (non-hydrogen) atoms. The molecule has 3 aromatic rings. The molecule has 3 heterocycles. The third-order valence-electron chi connectivity index (χ3n) is 7.93. The van der Waals surface area contributed by atoms with Gasteiger partial charge in [-0.2, -0.15) is 0 Å². The van der Waals surface area contributed by atoms with E-state index in [1.807, 2.05) is 25.1 Å². The number of unbranched alkanes of at least 4 members (excludes halogenated alkanes) is 1. The van der Waals surface area contributed by atoms with Crippen molar-refractivity contribution in [3.63, 3.8) is 0 Å². The summed E-state index contributed by atoms with van der Waals surface area (Å²) in [4.78, 5) is 46.7. The van der Waals surface area contributed by atoms with E-state index in [0.717, 1.165) is 47.8 Å². The van der Waals surface area contributed by atoms with Crippen LogP contribution in [0.5, 0.6) is 0 Å². The number of aromatic nitrogens is 1. The van der Waals surface area contributed by atoms with Crippen molar-refractivity contribution in [2.24, 2.45) is 5.92 Å². The Bertz CT molecular complexity index is 1330. The number of fused-ring (bicyclic) bond motifs is 5. The Kier molecular flexibility index (Phi) is 6.33. The number of hydrogen-bond donors (Lipinski definition) is 2. The highest BCUT2D eigenvalue weighted by atomic mass is 16.2. The van der Waals surface area contributed by atoms with Crippen molar-refractivity contribution >= 4 is 34.4 Å². The van der Waals surface area contributed by atoms with Gasteiger partial charge in [0.2, 0.25) is 0 Å². The largest absolute Gasteiger partial charge is 0.356 e. The van der Waals surface area contributed by atoms with Gasteiger partial charge in [0, 0.05) is 29.6 Å². The average molecular weight is 487 g/mol. The van der Waals surface area contributed by atoms with Crippen molar-refractivity contribution in [1.82, 2.24) is 15.2 Å². The van der Waals surface area contributed by atoms with Crippen molar-refractivity contribution in [3.8, 4) is 0 Å². The van der Waals surface area contributed by atoms with Crippen LogP contribution in [0, 0.1) is 5.92 Å². The lowest BCUT2D eigenvalue weighted by atomic mass is 9.87. The van der Waals surface area contributed by atoms with Gasteiger partial charge in [0.1, 0.15) is 0 Å². The van der Waals surface area contributed by atoms with Gasteiger partial charge in [-0.3, -0.25) is 9.59 Å². The summed E-state index contributed by atoms with van der Waals surface area (Å²) >= 11 is 0. The monoisotopic (exact) mass is 486 g/mol. The molecule has 4 amide bonds. The summed E-state index contributed by atoms with van der Waals surface area (Å²) in [5, 5.41) is 4.13. The number of nitrogens with zero attached hydrogens (tertiary/aromatic N) is 2. The number of para-hydroxylation sites is 1. The van der Waals surface area contributed by atoms with Crippen LogP contribution in [0.2, 0.25) is 0 Å². The van der Waals surface area contributed by atoms with E-state index < -0.39 is 5.54 Å². The Labute approximate surface area is 211 Å². The SMILES string of the molecule is CCCCC(CC)CNC(=O)c1cccc(N2C(=O)N3CCc4c([nH]c5ccccc45)C3(C)C2=O)c1. The van der Waals surface area contributed by atoms with E-state index in [-0.39, 0.29) is 17.8 Å². The van der Waals surface area contributed by atoms with Crippen molar-refractivity contribution in [2.45, 2.75) is 58.4 Å². The smallest absolute Gasteiger partial charge is 0.332 e. The number of rotatable bonds is 8. The minimum Gasteiger partial charge on any atom is -0.356 e. The van der Waals surface area contributed by atoms with Gasteiger partial charge in [-0.1, -0.05) is 57.4 Å². The fourth-order valence-corrected chi connectivity index (χ4v) is 5.69. The number of H-pyrrole nitrogens is 1. The number of amides is 4. The summed E-state index contributed by atoms with van der Waals surface area (Å²) in [5.41, 5.74) is 2.59. The fraction of sp³-hybridized carbons (Fsp3) is 0.414. The second-order valence-electron chi connectivity index (χ2n) is 10.1. The van der Waals surface area contributed by atoms with Gasteiger partial charge in [0.15, 0.2) is 5.54 Å². The summed E-state index contributed by atoms with van der Waals surface area (Å²) in [7, 11) is 0. The first kappa shape index (κ1) is 24.1. The number of benzene rings is 2. The number of carbonyl (C=O) groups is 3. The molecule has 7 heteroatoms. The van der Waals surface area contributed by atoms with Crippen LogP contribution in [0.15, 0.2) is 48.5 Å². The molecule has 188 valence electrons. The van der Waals surface area contributed by atoms with Gasteiger partial charge in [0.05, 0.1) is 11.4 Å². The molecule has 1 fully saturated rings. The minimum absolute atomic E-state index is 0.187. The Morgan fingerprint density at radius 3 is 2.72 bits per heavy atom. The number of anilines is 1. The predicted molar refractivity (Wildman–Crippen MR) is 141 cm³/mol. The molecule has 2 unspecified atom stereocenters. The topological polar surface area (TPSA) is 85.5 Å². The lowest BCUT2D eigenvalue weighted by molar-refractivity contribution is -0.125. The first-order valence-electron chi connectivity index (χ1n) is 13.0. The first-order valence-corrected chi connectivity index (χ1v) is 13.0. The molecule has 5 rings (SSSR count). The van der Waals surface area contributed by atoms with E-state index in [1.165, 1.54) is 4.90 Å². The number of hydrogen-bond acceptors (Lipinski definition) is 3. The number of aromatic amines is 1. The zero-order chi connectivity index (χ0) is 25.4. The molecular formula is C29H34N4O3. The molecule has 2 atom stereocenters. The molecule has 0 saturated carbocycles. The van der Waals surface area contributed by atoms with Crippen LogP contribution in [-0.4, -0.2) is 40.8 Å². The molecular weight excluding hydrogens is 452 g/mol. The molecule has 1 aromatic heterocycles. The van der Waals surface area contributed by atoms with Crippen LogP contribution in [0.3, 0.4) is 0 Å². The molecule has 0 spiro atoms. The third kappa shape index (κ3) is 3.77. The minimum atomic E-state index is -1.12. The zero-order valence-electron chi connectivity index (χ0n) is 21.3. The molecule has 2 aliphatic heterocycles. The summed E-state index contributed by atoms with van der Waals surface area (Å²) in [6.45, 7) is 7.21. The Morgan fingerprint density at radius 2 is 1.94 bits per heavy atom. The Balaban J connectivity index is 1.41. The van der Waals surface area contributed by atoms with Crippen molar-refractivity contribution < 1.29 is 14.4 Å². The van der Waals surface area contributed by atoms with Crippen molar-refractivity contribution in [2.75, 3.05) is 18.0 Å². The van der Waals surface area contributed by atoms with E-state index in [2.05, 4.69) is 30.2 Å². The van der Waals surface area contributed by atoms with E-state index in [0.29, 0.717) is 36.7 Å². The van der Waals surface area contributed by atoms with Gasteiger partial charge < -0.3 is 15.2 Å². The maximum atomic E-state index is 13.9. The number of imide groups is 1. The lowest BCUT2D eigenvalue weighted by Crippen LogP contribution is -2.49. The third-order valence-corrected chi connectivity index (χ3v) is 7.93. The van der Waals surface area contributed by atoms with Crippen LogP contribution in [0.4, 0.5) is 10.5 Å². The maximum absolute atomic E-state index is 13.9. The zero-order valence-corrected chi connectivity index (χ0v) is 21.3. The second-order valence-corrected chi connectivity index (χ2v) is 10.1. The van der Waals surface area contributed by atoms with Crippen molar-refractivity contribution in [3.05, 3.63) is 65.4 Å². The molecule has 2 aromatic carbocycles. The highest BCUT2D eigenvalue weighted by Crippen LogP contribution is 2.45. The summed E-state index contributed by atoms with van der Waals surface area (Å²) in [5.74, 6) is -0.0453. The first-order chi connectivity index (χ1) is 17.4. The summed E-state index contributed by atoms with van der Waals surface area (Å²) < 4.78 is 0. The number of urea groups is 1. The van der Waals surface area contributed by atoms with Crippen LogP contribution >= 0.6 is 0 Å². The molecule has 0 radical (unpaired) electrons. The Morgan fingerprint density at radius 1 is 1.14 bits per heavy atom. The van der Waals surface area contributed by atoms with Crippen molar-refractivity contribution in [1.29, 1.82) is 0 Å². The highest BCUT2D eigenvalue weighted by Gasteiger charge is 2.59. The molecule has 2 aliphatic rings. The highest BCUT2D eigenvalue weighted by molar-refractivity contribution is 6.24. The molecule has 1 saturated heterocycles. The van der Waals surface area contributed by atoms with E-state index in [4.69, 9.17) is 0 Å². The molecule has 7 nitrogen and oxygen atoms in total. The normalized spacial score (nSPS) is 20.0. The summed E-state index contributed by atoms with van der Waals surface area (Å²) in [6, 6.07) is 14.5.